The van der Waals surface area contributed by atoms with Gasteiger partial charge in [0, 0.05) is 51.6 Å². The van der Waals surface area contributed by atoms with Crippen LogP contribution >= 0.6 is 0 Å². The molecular weight excluding hydrogens is 240 g/mol. The zero-order valence-corrected chi connectivity index (χ0v) is 11.9. The molecule has 1 aromatic carbocycles. The number of piperazine rings is 1. The van der Waals surface area contributed by atoms with Gasteiger partial charge < -0.3 is 20.4 Å². The van der Waals surface area contributed by atoms with Crippen LogP contribution in [-0.4, -0.2) is 63.0 Å². The Bertz CT molecular complexity index is 465. The summed E-state index contributed by atoms with van der Waals surface area (Å²) in [5, 5.41) is 0. The van der Waals surface area contributed by atoms with E-state index >= 15 is 0 Å². The van der Waals surface area contributed by atoms with Crippen molar-refractivity contribution in [2.75, 3.05) is 58.0 Å². The largest absolute Gasteiger partial charge is 0.398 e. The Morgan fingerprint density at radius 1 is 1.21 bits per heavy atom. The van der Waals surface area contributed by atoms with E-state index in [-0.39, 0.29) is 5.91 Å². The topological polar surface area (TPSA) is 52.8 Å². The van der Waals surface area contributed by atoms with Crippen LogP contribution in [0, 0.1) is 0 Å². The quantitative estimate of drug-likeness (QED) is 0.798. The first-order valence-electron chi connectivity index (χ1n) is 6.53. The van der Waals surface area contributed by atoms with Gasteiger partial charge in [-0.2, -0.15) is 0 Å². The normalized spacial score (nSPS) is 16.5. The van der Waals surface area contributed by atoms with Crippen molar-refractivity contribution < 1.29 is 4.79 Å². The Balaban J connectivity index is 2.20. The number of hydrogen-bond acceptors (Lipinski definition) is 4. The van der Waals surface area contributed by atoms with E-state index in [4.69, 9.17) is 5.73 Å². The minimum absolute atomic E-state index is 0.0364. The van der Waals surface area contributed by atoms with Crippen molar-refractivity contribution in [2.24, 2.45) is 0 Å². The average Bonchev–Trinajstić information content (AvgIpc) is 2.39. The summed E-state index contributed by atoms with van der Waals surface area (Å²) >= 11 is 0. The van der Waals surface area contributed by atoms with Crippen molar-refractivity contribution in [1.82, 2.24) is 9.80 Å². The molecule has 5 heteroatoms. The van der Waals surface area contributed by atoms with Gasteiger partial charge in [0.05, 0.1) is 5.56 Å². The predicted molar refractivity (Wildman–Crippen MR) is 78.6 cm³/mol. The lowest BCUT2D eigenvalue weighted by molar-refractivity contribution is 0.0665. The molecule has 5 nitrogen and oxygen atoms in total. The predicted octanol–water partition coefficient (Wildman–Crippen LogP) is 0.722. The molecule has 0 spiro atoms. The smallest absolute Gasteiger partial charge is 0.256 e. The van der Waals surface area contributed by atoms with E-state index in [1.165, 1.54) is 0 Å². The van der Waals surface area contributed by atoms with Crippen LogP contribution in [0.2, 0.25) is 0 Å². The Hall–Kier alpha value is -1.75. The molecule has 2 rings (SSSR count). The molecule has 1 aromatic rings. The molecule has 1 saturated heterocycles. The molecule has 0 atom stereocenters. The zero-order valence-electron chi connectivity index (χ0n) is 11.9. The second-order valence-corrected chi connectivity index (χ2v) is 5.26. The molecule has 0 radical (unpaired) electrons. The third kappa shape index (κ3) is 2.98. The molecule has 0 unspecified atom stereocenters. The summed E-state index contributed by atoms with van der Waals surface area (Å²) in [5.74, 6) is 0.0364. The number of nitrogens with zero attached hydrogens (tertiary/aromatic N) is 3. The SMILES string of the molecule is CN1CCN(C(=O)c2cc(N(C)C)ccc2N)CC1. The Morgan fingerprint density at radius 2 is 1.84 bits per heavy atom. The van der Waals surface area contributed by atoms with E-state index in [2.05, 4.69) is 11.9 Å². The molecule has 1 fully saturated rings. The van der Waals surface area contributed by atoms with E-state index in [1.807, 2.05) is 36.0 Å². The van der Waals surface area contributed by atoms with Crippen LogP contribution in [0.15, 0.2) is 18.2 Å². The summed E-state index contributed by atoms with van der Waals surface area (Å²) in [5.41, 5.74) is 8.10. The van der Waals surface area contributed by atoms with Crippen molar-refractivity contribution in [1.29, 1.82) is 0 Å². The maximum Gasteiger partial charge on any atom is 0.256 e. The summed E-state index contributed by atoms with van der Waals surface area (Å²) in [6.07, 6.45) is 0. The number of nitrogens with two attached hydrogens (primary N) is 1. The lowest BCUT2D eigenvalue weighted by Crippen LogP contribution is -2.47. The van der Waals surface area contributed by atoms with Gasteiger partial charge in [-0.25, -0.2) is 0 Å². The maximum absolute atomic E-state index is 12.5. The fourth-order valence-electron chi connectivity index (χ4n) is 2.19. The molecule has 1 aliphatic rings. The molecule has 104 valence electrons. The van der Waals surface area contributed by atoms with E-state index in [0.717, 1.165) is 31.9 Å². The number of carbonyl (C=O) groups is 1. The summed E-state index contributed by atoms with van der Waals surface area (Å²) in [7, 11) is 5.98. The number of carbonyl (C=O) groups excluding carboxylic acids is 1. The van der Waals surface area contributed by atoms with Crippen molar-refractivity contribution in [3.63, 3.8) is 0 Å². The fraction of sp³-hybridized carbons (Fsp3) is 0.500. The first-order chi connectivity index (χ1) is 8.99. The van der Waals surface area contributed by atoms with Gasteiger partial charge in [0.2, 0.25) is 0 Å². The fourth-order valence-corrected chi connectivity index (χ4v) is 2.19. The highest BCUT2D eigenvalue weighted by Crippen LogP contribution is 2.21. The van der Waals surface area contributed by atoms with Crippen molar-refractivity contribution >= 4 is 17.3 Å². The average molecular weight is 262 g/mol. The maximum atomic E-state index is 12.5. The highest BCUT2D eigenvalue weighted by atomic mass is 16.2. The van der Waals surface area contributed by atoms with E-state index in [9.17, 15) is 4.79 Å². The van der Waals surface area contributed by atoms with Gasteiger partial charge in [-0.05, 0) is 25.2 Å². The van der Waals surface area contributed by atoms with Crippen LogP contribution < -0.4 is 10.6 Å². The number of rotatable bonds is 2. The molecule has 1 amide bonds. The van der Waals surface area contributed by atoms with E-state index < -0.39 is 0 Å². The lowest BCUT2D eigenvalue weighted by Gasteiger charge is -2.32. The van der Waals surface area contributed by atoms with Crippen molar-refractivity contribution in [3.8, 4) is 0 Å². The Morgan fingerprint density at radius 3 is 2.42 bits per heavy atom. The van der Waals surface area contributed by atoms with Crippen LogP contribution in [-0.2, 0) is 0 Å². The van der Waals surface area contributed by atoms with E-state index in [1.54, 1.807) is 6.07 Å². The van der Waals surface area contributed by atoms with Crippen molar-refractivity contribution in [3.05, 3.63) is 23.8 Å². The molecule has 0 aromatic heterocycles. The second kappa shape index (κ2) is 5.48. The van der Waals surface area contributed by atoms with Crippen LogP contribution in [0.4, 0.5) is 11.4 Å². The molecule has 1 heterocycles. The highest BCUT2D eigenvalue weighted by Gasteiger charge is 2.22. The Kier molecular flexibility index (Phi) is 3.95. The zero-order chi connectivity index (χ0) is 14.0. The standard InChI is InChI=1S/C14H22N4O/c1-16(2)11-4-5-13(15)12(10-11)14(19)18-8-6-17(3)7-9-18/h4-5,10H,6-9,15H2,1-3H3. The molecule has 2 N–H and O–H groups in total. The highest BCUT2D eigenvalue weighted by molar-refractivity contribution is 6.00. The van der Waals surface area contributed by atoms with Gasteiger partial charge >= 0.3 is 0 Å². The second-order valence-electron chi connectivity index (χ2n) is 5.26. The number of benzene rings is 1. The van der Waals surface area contributed by atoms with Gasteiger partial charge in [0.1, 0.15) is 0 Å². The molecule has 1 aliphatic heterocycles. The lowest BCUT2D eigenvalue weighted by atomic mass is 10.1. The van der Waals surface area contributed by atoms with Crippen LogP contribution in [0.25, 0.3) is 0 Å². The van der Waals surface area contributed by atoms with Gasteiger partial charge in [0.15, 0.2) is 0 Å². The third-order valence-electron chi connectivity index (χ3n) is 3.57. The van der Waals surface area contributed by atoms with Crippen LogP contribution in [0.5, 0.6) is 0 Å². The minimum atomic E-state index is 0.0364. The van der Waals surface area contributed by atoms with E-state index in [0.29, 0.717) is 11.3 Å². The first kappa shape index (κ1) is 13.7. The van der Waals surface area contributed by atoms with Gasteiger partial charge in [-0.15, -0.1) is 0 Å². The molecule has 0 saturated carbocycles. The number of nitrogen functional groups attached to an aromatic ring is 1. The summed E-state index contributed by atoms with van der Waals surface area (Å²) in [4.78, 5) is 18.6. The van der Waals surface area contributed by atoms with Crippen LogP contribution in [0.1, 0.15) is 10.4 Å². The van der Waals surface area contributed by atoms with Gasteiger partial charge in [-0.1, -0.05) is 0 Å². The van der Waals surface area contributed by atoms with Crippen molar-refractivity contribution in [2.45, 2.75) is 0 Å². The first-order valence-corrected chi connectivity index (χ1v) is 6.53. The van der Waals surface area contributed by atoms with Gasteiger partial charge in [-0.3, -0.25) is 4.79 Å². The third-order valence-corrected chi connectivity index (χ3v) is 3.57. The van der Waals surface area contributed by atoms with Crippen LogP contribution in [0.3, 0.4) is 0 Å². The summed E-state index contributed by atoms with van der Waals surface area (Å²) < 4.78 is 0. The minimum Gasteiger partial charge on any atom is -0.398 e. The number of amides is 1. The molecule has 0 aliphatic carbocycles. The summed E-state index contributed by atoms with van der Waals surface area (Å²) in [6, 6.07) is 5.60. The van der Waals surface area contributed by atoms with Gasteiger partial charge in [0.25, 0.3) is 5.91 Å². The molecular formula is C14H22N4O. The number of likely N-dealkylation sites (N-methyl/N-ethyl adjacent to an activating group) is 1. The molecule has 19 heavy (non-hydrogen) atoms. The summed E-state index contributed by atoms with van der Waals surface area (Å²) in [6.45, 7) is 3.36. The number of hydrogen-bond donors (Lipinski definition) is 1. The number of anilines is 2. The molecule has 0 bridgehead atoms. The Labute approximate surface area is 114 Å². The monoisotopic (exact) mass is 262 g/mol.